The fourth-order valence-electron chi connectivity index (χ4n) is 1.60. The summed E-state index contributed by atoms with van der Waals surface area (Å²) in [5.74, 6) is 1.65. The van der Waals surface area contributed by atoms with E-state index in [1.165, 1.54) is 19.4 Å². The molecule has 1 unspecified atom stereocenters. The maximum Gasteiger partial charge on any atom is -0.00182 e. The third kappa shape index (κ3) is 7.37. The van der Waals surface area contributed by atoms with Gasteiger partial charge in [-0.15, -0.1) is 0 Å². The van der Waals surface area contributed by atoms with Crippen molar-refractivity contribution in [1.29, 1.82) is 0 Å². The van der Waals surface area contributed by atoms with Gasteiger partial charge in [0.05, 0.1) is 0 Å². The normalized spacial score (nSPS) is 14.8. The maximum atomic E-state index is 3.57. The predicted molar refractivity (Wildman–Crippen MR) is 65.6 cm³/mol. The zero-order chi connectivity index (χ0) is 11.2. The highest BCUT2D eigenvalue weighted by molar-refractivity contribution is 4.67. The number of hydrogen-bond acceptors (Lipinski definition) is 1. The van der Waals surface area contributed by atoms with Crippen molar-refractivity contribution in [2.24, 2.45) is 17.3 Å². The second-order valence-corrected chi connectivity index (χ2v) is 5.93. The zero-order valence-electron chi connectivity index (χ0n) is 11.0. The van der Waals surface area contributed by atoms with Crippen LogP contribution in [0.3, 0.4) is 0 Å². The summed E-state index contributed by atoms with van der Waals surface area (Å²) < 4.78 is 0. The lowest BCUT2D eigenvalue weighted by Gasteiger charge is -2.22. The summed E-state index contributed by atoms with van der Waals surface area (Å²) >= 11 is 0. The van der Waals surface area contributed by atoms with Crippen molar-refractivity contribution in [3.63, 3.8) is 0 Å². The zero-order valence-corrected chi connectivity index (χ0v) is 11.0. The molecule has 0 aromatic heterocycles. The van der Waals surface area contributed by atoms with E-state index in [0.29, 0.717) is 5.41 Å². The fraction of sp³-hybridized carbons (Fsp3) is 1.00. The lowest BCUT2D eigenvalue weighted by Crippen LogP contribution is -2.28. The summed E-state index contributed by atoms with van der Waals surface area (Å²) in [7, 11) is 0. The van der Waals surface area contributed by atoms with E-state index < -0.39 is 0 Å². The molecular weight excluding hydrogens is 170 g/mol. The van der Waals surface area contributed by atoms with E-state index in [2.05, 4.69) is 46.9 Å². The van der Waals surface area contributed by atoms with E-state index in [1.807, 2.05) is 0 Å². The molecule has 14 heavy (non-hydrogen) atoms. The summed E-state index contributed by atoms with van der Waals surface area (Å²) in [6, 6.07) is 0. The van der Waals surface area contributed by atoms with E-state index in [-0.39, 0.29) is 0 Å². The maximum absolute atomic E-state index is 3.57. The summed E-state index contributed by atoms with van der Waals surface area (Å²) in [5, 5.41) is 3.57. The summed E-state index contributed by atoms with van der Waals surface area (Å²) in [4.78, 5) is 0. The highest BCUT2D eigenvalue weighted by Gasteiger charge is 2.12. The molecule has 0 heterocycles. The van der Waals surface area contributed by atoms with E-state index >= 15 is 0 Å². The average Bonchev–Trinajstić information content (AvgIpc) is 2.01. The van der Waals surface area contributed by atoms with Crippen LogP contribution in [0.15, 0.2) is 0 Å². The second kappa shape index (κ2) is 6.44. The van der Waals surface area contributed by atoms with Crippen molar-refractivity contribution in [3.8, 4) is 0 Å². The molecule has 0 fully saturated rings. The first-order chi connectivity index (χ1) is 6.37. The molecule has 0 bridgehead atoms. The van der Waals surface area contributed by atoms with Gasteiger partial charge in [-0.1, -0.05) is 48.0 Å². The van der Waals surface area contributed by atoms with Gasteiger partial charge in [-0.25, -0.2) is 0 Å². The third-order valence-corrected chi connectivity index (χ3v) is 2.93. The highest BCUT2D eigenvalue weighted by atomic mass is 14.9. The Labute approximate surface area is 90.7 Å². The molecule has 1 N–H and O–H groups in total. The van der Waals surface area contributed by atoms with Crippen LogP contribution in [0.5, 0.6) is 0 Å². The number of hydrogen-bond donors (Lipinski definition) is 1. The Morgan fingerprint density at radius 3 is 2.07 bits per heavy atom. The van der Waals surface area contributed by atoms with Crippen molar-refractivity contribution in [2.75, 3.05) is 13.1 Å². The van der Waals surface area contributed by atoms with Gasteiger partial charge in [0.15, 0.2) is 0 Å². The van der Waals surface area contributed by atoms with Gasteiger partial charge in [0.1, 0.15) is 0 Å². The molecule has 0 radical (unpaired) electrons. The summed E-state index contributed by atoms with van der Waals surface area (Å²) in [6.07, 6.45) is 2.56. The van der Waals surface area contributed by atoms with Crippen LogP contribution in [0.25, 0.3) is 0 Å². The number of nitrogens with one attached hydrogen (secondary N) is 1. The first-order valence-electron chi connectivity index (χ1n) is 6.07. The van der Waals surface area contributed by atoms with Crippen LogP contribution >= 0.6 is 0 Å². The molecule has 0 saturated carbocycles. The van der Waals surface area contributed by atoms with Crippen molar-refractivity contribution in [1.82, 2.24) is 5.32 Å². The first kappa shape index (κ1) is 14.0. The standard InChI is InChI=1S/C13H29N/c1-7-12(11(2)3)10-14-9-8-13(4,5)6/h11-12,14H,7-10H2,1-6H3. The van der Waals surface area contributed by atoms with E-state index in [0.717, 1.165) is 18.4 Å². The molecule has 1 heteroatoms. The van der Waals surface area contributed by atoms with Gasteiger partial charge in [-0.3, -0.25) is 0 Å². The van der Waals surface area contributed by atoms with Crippen molar-refractivity contribution >= 4 is 0 Å². The lowest BCUT2D eigenvalue weighted by molar-refractivity contribution is 0.325. The van der Waals surface area contributed by atoms with Crippen LogP contribution in [-0.4, -0.2) is 13.1 Å². The molecule has 0 aliphatic carbocycles. The monoisotopic (exact) mass is 199 g/mol. The lowest BCUT2D eigenvalue weighted by atomic mass is 9.91. The van der Waals surface area contributed by atoms with Gasteiger partial charge in [0.25, 0.3) is 0 Å². The van der Waals surface area contributed by atoms with E-state index in [1.54, 1.807) is 0 Å². The van der Waals surface area contributed by atoms with Crippen LogP contribution < -0.4 is 5.32 Å². The minimum absolute atomic E-state index is 0.465. The van der Waals surface area contributed by atoms with Gasteiger partial charge in [-0.05, 0) is 36.8 Å². The largest absolute Gasteiger partial charge is 0.316 e. The topological polar surface area (TPSA) is 12.0 Å². The Hall–Kier alpha value is -0.0400. The molecule has 0 aliphatic heterocycles. The fourth-order valence-corrected chi connectivity index (χ4v) is 1.60. The SMILES string of the molecule is CCC(CNCCC(C)(C)C)C(C)C. The van der Waals surface area contributed by atoms with Gasteiger partial charge in [0, 0.05) is 0 Å². The van der Waals surface area contributed by atoms with Gasteiger partial charge >= 0.3 is 0 Å². The summed E-state index contributed by atoms with van der Waals surface area (Å²) in [5.41, 5.74) is 0.465. The molecule has 0 aliphatic rings. The second-order valence-electron chi connectivity index (χ2n) is 5.93. The molecule has 0 amide bonds. The molecule has 0 rings (SSSR count). The van der Waals surface area contributed by atoms with Crippen LogP contribution in [0.1, 0.15) is 54.4 Å². The van der Waals surface area contributed by atoms with Crippen LogP contribution in [-0.2, 0) is 0 Å². The van der Waals surface area contributed by atoms with Crippen LogP contribution in [0.2, 0.25) is 0 Å². The molecule has 1 nitrogen and oxygen atoms in total. The highest BCUT2D eigenvalue weighted by Crippen LogP contribution is 2.17. The Morgan fingerprint density at radius 1 is 1.14 bits per heavy atom. The predicted octanol–water partition coefficient (Wildman–Crippen LogP) is 3.69. The van der Waals surface area contributed by atoms with Gasteiger partial charge in [0.2, 0.25) is 0 Å². The van der Waals surface area contributed by atoms with Gasteiger partial charge in [-0.2, -0.15) is 0 Å². The van der Waals surface area contributed by atoms with Crippen molar-refractivity contribution in [2.45, 2.75) is 54.4 Å². The Kier molecular flexibility index (Phi) is 6.43. The molecule has 1 atom stereocenters. The van der Waals surface area contributed by atoms with Crippen LogP contribution in [0, 0.1) is 17.3 Å². The molecule has 0 spiro atoms. The first-order valence-corrected chi connectivity index (χ1v) is 6.07. The van der Waals surface area contributed by atoms with Crippen molar-refractivity contribution in [3.05, 3.63) is 0 Å². The Morgan fingerprint density at radius 2 is 1.71 bits per heavy atom. The molecule has 0 saturated heterocycles. The number of rotatable bonds is 6. The minimum Gasteiger partial charge on any atom is -0.316 e. The van der Waals surface area contributed by atoms with Gasteiger partial charge < -0.3 is 5.32 Å². The average molecular weight is 199 g/mol. The molecule has 0 aromatic carbocycles. The van der Waals surface area contributed by atoms with E-state index in [9.17, 15) is 0 Å². The summed E-state index contributed by atoms with van der Waals surface area (Å²) in [6.45, 7) is 16.2. The third-order valence-electron chi connectivity index (χ3n) is 2.93. The van der Waals surface area contributed by atoms with E-state index in [4.69, 9.17) is 0 Å². The molecule has 0 aromatic rings. The Balaban J connectivity index is 3.52. The smallest absolute Gasteiger partial charge is 0.00182 e. The molecule has 86 valence electrons. The minimum atomic E-state index is 0.465. The molecular formula is C13H29N. The quantitative estimate of drug-likeness (QED) is 0.643. The Bertz CT molecular complexity index is 133. The van der Waals surface area contributed by atoms with Crippen molar-refractivity contribution < 1.29 is 0 Å². The van der Waals surface area contributed by atoms with Crippen LogP contribution in [0.4, 0.5) is 0 Å².